The second-order valence-corrected chi connectivity index (χ2v) is 7.02. The van der Waals surface area contributed by atoms with Crippen LogP contribution in [0.4, 0.5) is 0 Å². The van der Waals surface area contributed by atoms with Gasteiger partial charge in [0.25, 0.3) is 0 Å². The van der Waals surface area contributed by atoms with Crippen molar-refractivity contribution in [3.8, 4) is 0 Å². The molecule has 0 aromatic heterocycles. The lowest BCUT2D eigenvalue weighted by Gasteiger charge is -2.30. The van der Waals surface area contributed by atoms with Crippen molar-refractivity contribution in [2.24, 2.45) is 5.41 Å². The van der Waals surface area contributed by atoms with Gasteiger partial charge in [-0.3, -0.25) is 9.59 Å². The van der Waals surface area contributed by atoms with Crippen molar-refractivity contribution in [1.82, 2.24) is 0 Å². The van der Waals surface area contributed by atoms with E-state index in [4.69, 9.17) is 10.7 Å². The van der Waals surface area contributed by atoms with E-state index in [1.54, 1.807) is 13.8 Å². The largest absolute Gasteiger partial charge is 0.298 e. The Bertz CT molecular complexity index is 362. The van der Waals surface area contributed by atoms with Gasteiger partial charge in [-0.05, 0) is 5.41 Å². The molecule has 1 rings (SSSR count). The maximum absolute atomic E-state index is 11.4. The van der Waals surface area contributed by atoms with E-state index in [0.717, 1.165) is 0 Å². The van der Waals surface area contributed by atoms with Crippen LogP contribution in [-0.4, -0.2) is 25.2 Å². The van der Waals surface area contributed by atoms with Crippen molar-refractivity contribution in [3.05, 3.63) is 0 Å². The van der Waals surface area contributed by atoms with Crippen LogP contribution in [0.15, 0.2) is 0 Å². The smallest absolute Gasteiger partial charge is 0.249 e. The summed E-state index contributed by atoms with van der Waals surface area (Å²) in [7, 11) is 0.924. The van der Waals surface area contributed by atoms with Gasteiger partial charge in [-0.2, -0.15) is 0 Å². The highest BCUT2D eigenvalue weighted by atomic mass is 35.7. The second-order valence-electron chi connectivity index (χ2n) is 4.31. The number of hydrogen-bond donors (Lipinski definition) is 0. The van der Waals surface area contributed by atoms with Crippen LogP contribution in [0, 0.1) is 5.41 Å². The molecule has 1 aliphatic carbocycles. The second kappa shape index (κ2) is 3.31. The minimum absolute atomic E-state index is 0.0787. The van der Waals surface area contributed by atoms with E-state index in [-0.39, 0.29) is 12.8 Å². The van der Waals surface area contributed by atoms with Gasteiger partial charge in [0.2, 0.25) is 9.05 Å². The first kappa shape index (κ1) is 11.7. The molecule has 0 bridgehead atoms. The molecule has 0 aliphatic heterocycles. The third-order valence-electron chi connectivity index (χ3n) is 2.17. The normalized spacial score (nSPS) is 23.9. The van der Waals surface area contributed by atoms with Gasteiger partial charge in [0.05, 0.1) is 0 Å². The van der Waals surface area contributed by atoms with E-state index in [9.17, 15) is 18.0 Å². The number of hydrogen-bond acceptors (Lipinski definition) is 4. The molecule has 0 radical (unpaired) electrons. The zero-order valence-electron chi connectivity index (χ0n) is 7.91. The molecule has 80 valence electrons. The van der Waals surface area contributed by atoms with Crippen LogP contribution in [0.3, 0.4) is 0 Å². The van der Waals surface area contributed by atoms with E-state index in [1.165, 1.54) is 0 Å². The van der Waals surface area contributed by atoms with E-state index < -0.39 is 31.3 Å². The highest BCUT2D eigenvalue weighted by Crippen LogP contribution is 2.34. The topological polar surface area (TPSA) is 68.3 Å². The molecule has 14 heavy (non-hydrogen) atoms. The third-order valence-corrected chi connectivity index (χ3v) is 3.80. The van der Waals surface area contributed by atoms with Crippen LogP contribution >= 0.6 is 10.7 Å². The van der Waals surface area contributed by atoms with Gasteiger partial charge in [0, 0.05) is 23.5 Å². The van der Waals surface area contributed by atoms with Crippen molar-refractivity contribution < 1.29 is 18.0 Å². The Labute approximate surface area is 87.0 Å². The number of carbonyl (C=O) groups is 2. The molecule has 1 fully saturated rings. The summed E-state index contributed by atoms with van der Waals surface area (Å²) in [6.45, 7) is 3.50. The van der Waals surface area contributed by atoms with Gasteiger partial charge in [0.1, 0.15) is 0 Å². The molecule has 4 nitrogen and oxygen atoms in total. The van der Waals surface area contributed by atoms with Crippen molar-refractivity contribution in [1.29, 1.82) is 0 Å². The van der Waals surface area contributed by atoms with Gasteiger partial charge in [0.15, 0.2) is 16.8 Å². The summed E-state index contributed by atoms with van der Waals surface area (Å²) in [6.07, 6.45) is 0.157. The van der Waals surface area contributed by atoms with Gasteiger partial charge in [-0.15, -0.1) is 0 Å². The summed E-state index contributed by atoms with van der Waals surface area (Å²) in [6, 6.07) is 0. The lowest BCUT2D eigenvalue weighted by molar-refractivity contribution is -0.132. The molecule has 6 heteroatoms. The van der Waals surface area contributed by atoms with Crippen molar-refractivity contribution >= 4 is 31.3 Å². The van der Waals surface area contributed by atoms with Gasteiger partial charge in [-0.1, -0.05) is 13.8 Å². The molecular formula is C8H11ClO4S. The maximum atomic E-state index is 11.4. The van der Waals surface area contributed by atoms with E-state index >= 15 is 0 Å². The lowest BCUT2D eigenvalue weighted by Crippen LogP contribution is -2.44. The fourth-order valence-electron chi connectivity index (χ4n) is 1.68. The molecular weight excluding hydrogens is 228 g/mol. The van der Waals surface area contributed by atoms with E-state index in [1.807, 2.05) is 0 Å². The summed E-state index contributed by atoms with van der Waals surface area (Å²) < 4.78 is 21.9. The Morgan fingerprint density at radius 1 is 1.21 bits per heavy atom. The number of ketones is 2. The van der Waals surface area contributed by atoms with Crippen LogP contribution in [0.1, 0.15) is 26.7 Å². The predicted molar refractivity (Wildman–Crippen MR) is 51.6 cm³/mol. The summed E-state index contributed by atoms with van der Waals surface area (Å²) in [5.74, 6) is -1.19. The first-order valence-electron chi connectivity index (χ1n) is 4.12. The fraction of sp³-hybridized carbons (Fsp3) is 0.750. The Hall–Kier alpha value is -0.420. The molecule has 0 N–H and O–H groups in total. The molecule has 1 saturated carbocycles. The van der Waals surface area contributed by atoms with Crippen LogP contribution < -0.4 is 0 Å². The van der Waals surface area contributed by atoms with Gasteiger partial charge < -0.3 is 0 Å². The Morgan fingerprint density at radius 3 is 1.86 bits per heavy atom. The summed E-state index contributed by atoms with van der Waals surface area (Å²) in [5, 5.41) is -1.64. The molecule has 0 aromatic rings. The quantitative estimate of drug-likeness (QED) is 0.502. The zero-order chi connectivity index (χ0) is 11.1. The average Bonchev–Trinajstić information content (AvgIpc) is 1.75. The first-order valence-corrected chi connectivity index (χ1v) is 6.50. The molecule has 0 saturated heterocycles. The standard InChI is InChI=1S/C8H11ClO4S/c1-8(2)3-5(10)7(6(11)4-8)14(9,12)13/h7H,3-4H2,1-2H3. The predicted octanol–water partition coefficient (Wildman–Crippen LogP) is 0.882. The molecule has 0 heterocycles. The van der Waals surface area contributed by atoms with E-state index in [0.29, 0.717) is 0 Å². The highest BCUT2D eigenvalue weighted by molar-refractivity contribution is 8.15. The highest BCUT2D eigenvalue weighted by Gasteiger charge is 2.45. The molecule has 1 aliphatic rings. The van der Waals surface area contributed by atoms with Crippen molar-refractivity contribution in [2.45, 2.75) is 31.9 Å². The SMILES string of the molecule is CC1(C)CC(=O)C(S(=O)(=O)Cl)C(=O)C1. The Balaban J connectivity index is 3.05. The van der Waals surface area contributed by atoms with Crippen LogP contribution in [0.25, 0.3) is 0 Å². The summed E-state index contributed by atoms with van der Waals surface area (Å²) in [4.78, 5) is 22.8. The fourth-order valence-corrected chi connectivity index (χ4v) is 3.08. The Kier molecular flexibility index (Phi) is 2.75. The van der Waals surface area contributed by atoms with Crippen molar-refractivity contribution in [3.63, 3.8) is 0 Å². The monoisotopic (exact) mass is 238 g/mol. The van der Waals surface area contributed by atoms with Crippen LogP contribution in [-0.2, 0) is 18.6 Å². The maximum Gasteiger partial charge on any atom is 0.249 e. The molecule has 0 aromatic carbocycles. The Morgan fingerprint density at radius 2 is 1.57 bits per heavy atom. The van der Waals surface area contributed by atoms with Gasteiger partial charge in [-0.25, -0.2) is 8.42 Å². The minimum atomic E-state index is -4.10. The van der Waals surface area contributed by atoms with Gasteiger partial charge >= 0.3 is 0 Å². The van der Waals surface area contributed by atoms with E-state index in [2.05, 4.69) is 0 Å². The molecule has 0 atom stereocenters. The lowest BCUT2D eigenvalue weighted by atomic mass is 9.76. The number of Topliss-reactive ketones (excluding diaryl/α,β-unsaturated/α-hetero) is 2. The zero-order valence-corrected chi connectivity index (χ0v) is 9.48. The van der Waals surface area contributed by atoms with Crippen LogP contribution in [0.2, 0.25) is 0 Å². The summed E-state index contributed by atoms with van der Waals surface area (Å²) >= 11 is 0. The summed E-state index contributed by atoms with van der Waals surface area (Å²) in [5.41, 5.74) is -0.452. The first-order chi connectivity index (χ1) is 6.13. The third kappa shape index (κ3) is 2.33. The number of halogens is 1. The van der Waals surface area contributed by atoms with Crippen LogP contribution in [0.5, 0.6) is 0 Å². The van der Waals surface area contributed by atoms with Crippen molar-refractivity contribution in [2.75, 3.05) is 0 Å². The molecule has 0 spiro atoms. The molecule has 0 amide bonds. The minimum Gasteiger partial charge on any atom is -0.298 e. The number of rotatable bonds is 1. The number of carbonyl (C=O) groups excluding carboxylic acids is 2. The average molecular weight is 239 g/mol. The molecule has 0 unspecified atom stereocenters.